The normalized spacial score (nSPS) is 11.2. The molecular weight excluding hydrogens is 242 g/mol. The van der Waals surface area contributed by atoms with E-state index in [2.05, 4.69) is 40.4 Å². The summed E-state index contributed by atoms with van der Waals surface area (Å²) in [7, 11) is 0. The third kappa shape index (κ3) is 2.07. The molecule has 0 saturated heterocycles. The Bertz CT molecular complexity index is 640. The van der Waals surface area contributed by atoms with Gasteiger partial charge in [-0.3, -0.25) is 0 Å². The van der Waals surface area contributed by atoms with Gasteiger partial charge in [-0.2, -0.15) is 0 Å². The molecule has 0 bridgehead atoms. The van der Waals surface area contributed by atoms with E-state index < -0.39 is 0 Å². The minimum Gasteiger partial charge on any atom is -0.392 e. The van der Waals surface area contributed by atoms with Crippen LogP contribution in [0.1, 0.15) is 10.4 Å². The zero-order valence-corrected chi connectivity index (χ0v) is 10.9. The number of thiophene rings is 1. The highest BCUT2D eigenvalue weighted by atomic mass is 32.1. The van der Waals surface area contributed by atoms with Crippen LogP contribution in [-0.2, 0) is 19.6 Å². The third-order valence-corrected chi connectivity index (χ3v) is 4.16. The second-order valence-corrected chi connectivity index (χ2v) is 5.38. The third-order valence-electron chi connectivity index (χ3n) is 3.22. The molecule has 0 unspecified atom stereocenters. The Hall–Kier alpha value is -1.58. The number of benzene rings is 1. The van der Waals surface area contributed by atoms with Crippen LogP contribution in [0, 0.1) is 0 Å². The summed E-state index contributed by atoms with van der Waals surface area (Å²) >= 11 is 1.80. The van der Waals surface area contributed by atoms with Crippen LogP contribution in [0.5, 0.6) is 0 Å². The Morgan fingerprint density at radius 2 is 2.06 bits per heavy atom. The average molecular weight is 257 g/mol. The van der Waals surface area contributed by atoms with Crippen molar-refractivity contribution < 1.29 is 5.11 Å². The summed E-state index contributed by atoms with van der Waals surface area (Å²) in [5.74, 6) is 0. The molecule has 0 saturated carbocycles. The van der Waals surface area contributed by atoms with Gasteiger partial charge >= 0.3 is 0 Å². The molecule has 3 heteroatoms. The number of aromatic nitrogens is 1. The molecule has 0 atom stereocenters. The van der Waals surface area contributed by atoms with E-state index in [1.807, 2.05) is 12.1 Å². The average Bonchev–Trinajstić information content (AvgIpc) is 3.05. The Morgan fingerprint density at radius 3 is 2.83 bits per heavy atom. The number of para-hydroxylation sites is 1. The highest BCUT2D eigenvalue weighted by Crippen LogP contribution is 2.21. The maximum Gasteiger partial charge on any atom is 0.0702 e. The van der Waals surface area contributed by atoms with Crippen molar-refractivity contribution in [1.29, 1.82) is 0 Å². The van der Waals surface area contributed by atoms with Crippen molar-refractivity contribution in [3.05, 3.63) is 58.4 Å². The molecule has 0 aliphatic rings. The summed E-state index contributed by atoms with van der Waals surface area (Å²) in [6.07, 6.45) is 3.15. The highest BCUT2D eigenvalue weighted by Gasteiger charge is 2.06. The summed E-state index contributed by atoms with van der Waals surface area (Å²) < 4.78 is 2.24. The molecule has 2 heterocycles. The monoisotopic (exact) mass is 257 g/mol. The van der Waals surface area contributed by atoms with Crippen LogP contribution in [0.25, 0.3) is 10.9 Å². The quantitative estimate of drug-likeness (QED) is 0.761. The Labute approximate surface area is 110 Å². The van der Waals surface area contributed by atoms with Crippen LogP contribution in [0.4, 0.5) is 0 Å². The van der Waals surface area contributed by atoms with Crippen LogP contribution in [-0.4, -0.2) is 9.67 Å². The van der Waals surface area contributed by atoms with Crippen LogP contribution >= 0.6 is 11.3 Å². The van der Waals surface area contributed by atoms with Gasteiger partial charge in [-0.15, -0.1) is 11.3 Å². The van der Waals surface area contributed by atoms with E-state index in [1.54, 1.807) is 11.3 Å². The van der Waals surface area contributed by atoms with Gasteiger partial charge in [-0.1, -0.05) is 24.3 Å². The number of nitrogens with zero attached hydrogens (tertiary/aromatic N) is 1. The Kier molecular flexibility index (Phi) is 3.17. The molecule has 2 aromatic heterocycles. The summed E-state index contributed by atoms with van der Waals surface area (Å²) in [5.41, 5.74) is 2.17. The lowest BCUT2D eigenvalue weighted by atomic mass is 10.1. The number of aryl methyl sites for hydroxylation is 2. The summed E-state index contributed by atoms with van der Waals surface area (Å²) in [6.45, 7) is 1.06. The number of rotatable bonds is 4. The van der Waals surface area contributed by atoms with Crippen molar-refractivity contribution in [2.45, 2.75) is 19.6 Å². The summed E-state index contributed by atoms with van der Waals surface area (Å²) in [4.78, 5) is 1.40. The molecule has 0 radical (unpaired) electrons. The molecule has 3 rings (SSSR count). The van der Waals surface area contributed by atoms with Crippen molar-refractivity contribution in [3.8, 4) is 0 Å². The molecule has 0 spiro atoms. The van der Waals surface area contributed by atoms with Gasteiger partial charge in [-0.05, 0) is 29.3 Å². The van der Waals surface area contributed by atoms with E-state index in [4.69, 9.17) is 0 Å². The number of hydrogen-bond donors (Lipinski definition) is 1. The van der Waals surface area contributed by atoms with Gasteiger partial charge in [0.1, 0.15) is 0 Å². The summed E-state index contributed by atoms with van der Waals surface area (Å²) in [5, 5.41) is 12.7. The lowest BCUT2D eigenvalue weighted by molar-refractivity contribution is 0.283. The van der Waals surface area contributed by atoms with E-state index >= 15 is 0 Å². The van der Waals surface area contributed by atoms with E-state index in [1.165, 1.54) is 10.3 Å². The number of aliphatic hydroxyl groups is 1. The van der Waals surface area contributed by atoms with Gasteiger partial charge < -0.3 is 9.67 Å². The van der Waals surface area contributed by atoms with Gasteiger partial charge in [-0.25, -0.2) is 0 Å². The minimum absolute atomic E-state index is 0.0976. The van der Waals surface area contributed by atoms with E-state index in [9.17, 15) is 5.11 Å². The molecule has 1 aromatic carbocycles. The molecule has 1 N–H and O–H groups in total. The maximum atomic E-state index is 9.42. The van der Waals surface area contributed by atoms with Crippen molar-refractivity contribution in [1.82, 2.24) is 4.57 Å². The smallest absolute Gasteiger partial charge is 0.0702 e. The molecule has 2 nitrogen and oxygen atoms in total. The topological polar surface area (TPSA) is 25.2 Å². The number of aliphatic hydroxyl groups excluding tert-OH is 1. The van der Waals surface area contributed by atoms with Gasteiger partial charge in [0.2, 0.25) is 0 Å². The van der Waals surface area contributed by atoms with E-state index in [0.717, 1.165) is 24.0 Å². The Balaban J connectivity index is 1.92. The van der Waals surface area contributed by atoms with Crippen LogP contribution in [0.15, 0.2) is 48.0 Å². The fourth-order valence-electron chi connectivity index (χ4n) is 2.34. The number of hydrogen-bond acceptors (Lipinski definition) is 2. The first-order valence-corrected chi connectivity index (χ1v) is 6.96. The van der Waals surface area contributed by atoms with Gasteiger partial charge in [0.15, 0.2) is 0 Å². The van der Waals surface area contributed by atoms with Crippen LogP contribution < -0.4 is 0 Å². The van der Waals surface area contributed by atoms with E-state index in [0.29, 0.717) is 0 Å². The maximum absolute atomic E-state index is 9.42. The Morgan fingerprint density at radius 1 is 1.11 bits per heavy atom. The first-order valence-electron chi connectivity index (χ1n) is 6.08. The molecule has 92 valence electrons. The fourth-order valence-corrected chi connectivity index (χ4v) is 3.04. The number of fused-ring (bicyclic) bond motifs is 1. The second-order valence-electron chi connectivity index (χ2n) is 4.35. The predicted molar refractivity (Wildman–Crippen MR) is 75.9 cm³/mol. The lowest BCUT2D eigenvalue weighted by Crippen LogP contribution is -2.00. The van der Waals surface area contributed by atoms with Crippen molar-refractivity contribution >= 4 is 22.2 Å². The van der Waals surface area contributed by atoms with E-state index in [-0.39, 0.29) is 6.61 Å². The molecule has 18 heavy (non-hydrogen) atoms. The molecule has 0 aliphatic heterocycles. The zero-order valence-electron chi connectivity index (χ0n) is 10.0. The largest absolute Gasteiger partial charge is 0.392 e. The predicted octanol–water partition coefficient (Wildman–Crippen LogP) is 3.44. The minimum atomic E-state index is 0.0976. The van der Waals surface area contributed by atoms with Crippen LogP contribution in [0.3, 0.4) is 0 Å². The highest BCUT2D eigenvalue weighted by molar-refractivity contribution is 7.09. The second kappa shape index (κ2) is 4.96. The SMILES string of the molecule is OCc1cccc2ccn(CCc3cccs3)c12. The van der Waals surface area contributed by atoms with Crippen molar-refractivity contribution in [3.63, 3.8) is 0 Å². The molecule has 0 aliphatic carbocycles. The lowest BCUT2D eigenvalue weighted by Gasteiger charge is -2.07. The first-order chi connectivity index (χ1) is 8.88. The van der Waals surface area contributed by atoms with Crippen LogP contribution in [0.2, 0.25) is 0 Å². The molecular formula is C15H15NOS. The first kappa shape index (κ1) is 11.5. The fraction of sp³-hybridized carbons (Fsp3) is 0.200. The molecule has 3 aromatic rings. The standard InChI is InChI=1S/C15H15NOS/c17-11-13-4-1-3-12-6-8-16(15(12)13)9-7-14-5-2-10-18-14/h1-6,8,10,17H,7,9,11H2. The molecule has 0 amide bonds. The molecule has 0 fully saturated rings. The van der Waals surface area contributed by atoms with Gasteiger partial charge in [0.05, 0.1) is 12.1 Å². The van der Waals surface area contributed by atoms with Gasteiger partial charge in [0.25, 0.3) is 0 Å². The van der Waals surface area contributed by atoms with Crippen molar-refractivity contribution in [2.75, 3.05) is 0 Å². The van der Waals surface area contributed by atoms with Gasteiger partial charge in [0, 0.05) is 23.2 Å². The summed E-state index contributed by atoms with van der Waals surface area (Å²) in [6, 6.07) is 12.5. The zero-order chi connectivity index (χ0) is 12.4. The van der Waals surface area contributed by atoms with Crippen molar-refractivity contribution in [2.24, 2.45) is 0 Å².